The molecule has 0 amide bonds. The van der Waals surface area contributed by atoms with E-state index in [1.807, 2.05) is 0 Å². The van der Waals surface area contributed by atoms with Gasteiger partial charge < -0.3 is 18.8 Å². The van der Waals surface area contributed by atoms with Gasteiger partial charge in [-0.25, -0.2) is 8.96 Å². The van der Waals surface area contributed by atoms with Crippen molar-refractivity contribution in [3.8, 4) is 28.4 Å². The molecule has 0 unspecified atom stereocenters. The maximum Gasteiger partial charge on any atom is 0.477 e. The number of fused-ring (bicyclic) bond motifs is 1. The average molecular weight is 566 g/mol. The zero-order chi connectivity index (χ0) is 29.2. The normalized spacial score (nSPS) is 12.6. The highest BCUT2D eigenvalue weighted by atomic mass is 31.2. The van der Waals surface area contributed by atoms with Crippen LogP contribution in [0.3, 0.4) is 0 Å². The van der Waals surface area contributed by atoms with Crippen molar-refractivity contribution in [3.63, 3.8) is 0 Å². The van der Waals surface area contributed by atoms with Gasteiger partial charge in [0.1, 0.15) is 29.8 Å². The molecule has 0 saturated heterocycles. The van der Waals surface area contributed by atoms with Gasteiger partial charge in [-0.2, -0.15) is 0 Å². The number of hydrogen-bond acceptors (Lipinski definition) is 8. The van der Waals surface area contributed by atoms with Gasteiger partial charge in [-0.3, -0.25) is 18.4 Å². The Hall–Kier alpha value is -2.91. The molecule has 0 spiro atoms. The monoisotopic (exact) mass is 565 g/mol. The molecule has 1 heterocycles. The molecule has 3 rings (SSSR count). The zero-order valence-electron chi connectivity index (χ0n) is 23.9. The molecule has 11 heteroatoms. The number of aromatic nitrogens is 1. The van der Waals surface area contributed by atoms with Crippen LogP contribution in [0.4, 0.5) is 4.39 Å². The number of methoxy groups -OCH3 is 2. The van der Waals surface area contributed by atoms with Crippen LogP contribution in [-0.2, 0) is 24.9 Å². The molecule has 3 aromatic rings. The molecule has 0 bridgehead atoms. The Morgan fingerprint density at radius 1 is 0.897 bits per heavy atom. The van der Waals surface area contributed by atoms with Crippen molar-refractivity contribution in [1.29, 1.82) is 0 Å². The van der Waals surface area contributed by atoms with E-state index in [4.69, 9.17) is 27.8 Å². The standard InChI is InChI=1S/C28H37FNO8P/c1-10-35-22-14-13-21(29)24-25(22)30(17-36-39(32,37-27(2,3)4)38-28(5,6)7)16-20(26(24)31)19-12-11-18(33-8)15-23(19)34-9/h11-16H,10,17H2,1-9H3. The summed E-state index contributed by atoms with van der Waals surface area (Å²) in [7, 11) is -1.18. The van der Waals surface area contributed by atoms with E-state index in [1.165, 1.54) is 37.1 Å². The molecule has 0 fully saturated rings. The zero-order valence-corrected chi connectivity index (χ0v) is 24.8. The first-order valence-electron chi connectivity index (χ1n) is 12.5. The van der Waals surface area contributed by atoms with E-state index < -0.39 is 37.0 Å². The Morgan fingerprint density at radius 3 is 2.08 bits per heavy atom. The minimum absolute atomic E-state index is 0.126. The lowest BCUT2D eigenvalue weighted by atomic mass is 10.0. The Labute approximate surface area is 228 Å². The van der Waals surface area contributed by atoms with E-state index >= 15 is 4.39 Å². The molecular formula is C28H37FNO8P. The smallest absolute Gasteiger partial charge is 0.477 e. The lowest BCUT2D eigenvalue weighted by molar-refractivity contribution is -0.00573. The summed E-state index contributed by atoms with van der Waals surface area (Å²) in [5.74, 6) is 0.370. The summed E-state index contributed by atoms with van der Waals surface area (Å²) in [6.45, 7) is 12.0. The van der Waals surface area contributed by atoms with Crippen molar-refractivity contribution in [2.75, 3.05) is 20.8 Å². The highest BCUT2D eigenvalue weighted by Crippen LogP contribution is 2.55. The van der Waals surface area contributed by atoms with Crippen molar-refractivity contribution in [1.82, 2.24) is 4.57 Å². The average Bonchev–Trinajstić information content (AvgIpc) is 2.82. The minimum Gasteiger partial charge on any atom is -0.497 e. The molecule has 2 aromatic carbocycles. The molecule has 214 valence electrons. The minimum atomic E-state index is -4.15. The number of phosphoric acid groups is 1. The number of pyridine rings is 1. The van der Waals surface area contributed by atoms with Gasteiger partial charge in [-0.05, 0) is 72.7 Å². The third-order valence-electron chi connectivity index (χ3n) is 5.26. The van der Waals surface area contributed by atoms with Crippen LogP contribution in [0.1, 0.15) is 48.5 Å². The molecule has 9 nitrogen and oxygen atoms in total. The molecule has 1 aromatic heterocycles. The predicted molar refractivity (Wildman–Crippen MR) is 148 cm³/mol. The topological polar surface area (TPSA) is 94.5 Å². The maximum absolute atomic E-state index is 15.3. The SMILES string of the molecule is CCOc1ccc(F)c2c(=O)c(-c3ccc(OC)cc3OC)cn(COP(=O)(OC(C)(C)C)OC(C)(C)C)c12. The summed E-state index contributed by atoms with van der Waals surface area (Å²) in [5, 5.41) is -0.219. The number of rotatable bonds is 10. The van der Waals surface area contributed by atoms with Crippen LogP contribution in [0.15, 0.2) is 41.3 Å². The van der Waals surface area contributed by atoms with E-state index in [9.17, 15) is 9.36 Å². The molecule has 39 heavy (non-hydrogen) atoms. The lowest BCUT2D eigenvalue weighted by Crippen LogP contribution is -2.25. The van der Waals surface area contributed by atoms with Gasteiger partial charge in [0, 0.05) is 23.4 Å². The summed E-state index contributed by atoms with van der Waals surface area (Å²) in [4.78, 5) is 13.7. The molecule has 0 aliphatic carbocycles. The molecule has 0 aliphatic heterocycles. The van der Waals surface area contributed by atoms with Gasteiger partial charge in [-0.15, -0.1) is 0 Å². The van der Waals surface area contributed by atoms with Crippen LogP contribution in [-0.4, -0.2) is 36.6 Å². The van der Waals surface area contributed by atoms with Crippen LogP contribution in [0, 0.1) is 5.82 Å². The fourth-order valence-electron chi connectivity index (χ4n) is 3.92. The van der Waals surface area contributed by atoms with Gasteiger partial charge in [-0.1, -0.05) is 0 Å². The van der Waals surface area contributed by atoms with Crippen LogP contribution in [0.2, 0.25) is 0 Å². The van der Waals surface area contributed by atoms with E-state index in [0.29, 0.717) is 17.1 Å². The summed E-state index contributed by atoms with van der Waals surface area (Å²) < 4.78 is 64.3. The number of benzene rings is 2. The Morgan fingerprint density at radius 2 is 1.54 bits per heavy atom. The second-order valence-corrected chi connectivity index (χ2v) is 12.2. The maximum atomic E-state index is 15.3. The summed E-state index contributed by atoms with van der Waals surface area (Å²) in [5.41, 5.74) is -1.64. The van der Waals surface area contributed by atoms with Gasteiger partial charge in [0.15, 0.2) is 5.43 Å². The van der Waals surface area contributed by atoms with E-state index in [0.717, 1.165) is 0 Å². The van der Waals surface area contributed by atoms with E-state index in [2.05, 4.69) is 0 Å². The first-order valence-corrected chi connectivity index (χ1v) is 13.9. The third kappa shape index (κ3) is 7.39. The van der Waals surface area contributed by atoms with Crippen LogP contribution in [0.25, 0.3) is 22.0 Å². The molecule has 0 radical (unpaired) electrons. The summed E-state index contributed by atoms with van der Waals surface area (Å²) >= 11 is 0. The second kappa shape index (κ2) is 11.7. The third-order valence-corrected chi connectivity index (χ3v) is 7.23. The fourth-order valence-corrected chi connectivity index (χ4v) is 5.67. The van der Waals surface area contributed by atoms with Gasteiger partial charge in [0.05, 0.1) is 42.9 Å². The number of hydrogen-bond donors (Lipinski definition) is 0. The van der Waals surface area contributed by atoms with Gasteiger partial charge in [0.2, 0.25) is 0 Å². The Balaban J connectivity index is 2.28. The molecular weight excluding hydrogens is 528 g/mol. The number of halogens is 1. The molecule has 0 saturated carbocycles. The highest BCUT2D eigenvalue weighted by molar-refractivity contribution is 7.48. The van der Waals surface area contributed by atoms with E-state index in [1.54, 1.807) is 66.7 Å². The van der Waals surface area contributed by atoms with Crippen molar-refractivity contribution in [2.45, 2.75) is 66.4 Å². The van der Waals surface area contributed by atoms with Crippen LogP contribution >= 0.6 is 7.82 Å². The van der Waals surface area contributed by atoms with Crippen LogP contribution in [0.5, 0.6) is 17.2 Å². The van der Waals surface area contributed by atoms with Gasteiger partial charge >= 0.3 is 7.82 Å². The molecule has 0 aliphatic rings. The fraction of sp³-hybridized carbons (Fsp3) is 0.464. The van der Waals surface area contributed by atoms with Crippen molar-refractivity contribution < 1.29 is 36.7 Å². The summed E-state index contributed by atoms with van der Waals surface area (Å²) in [6.07, 6.45) is 1.48. The first-order chi connectivity index (χ1) is 18.1. The first kappa shape index (κ1) is 30.6. The van der Waals surface area contributed by atoms with E-state index in [-0.39, 0.29) is 28.8 Å². The van der Waals surface area contributed by atoms with Gasteiger partial charge in [0.25, 0.3) is 0 Å². The van der Waals surface area contributed by atoms with Crippen molar-refractivity contribution in [2.24, 2.45) is 0 Å². The number of nitrogens with zero attached hydrogens (tertiary/aromatic N) is 1. The largest absolute Gasteiger partial charge is 0.497 e. The quantitative estimate of drug-likeness (QED) is 0.244. The summed E-state index contributed by atoms with van der Waals surface area (Å²) in [6, 6.07) is 7.53. The Kier molecular flexibility index (Phi) is 9.17. The molecule has 0 N–H and O–H groups in total. The number of phosphoric ester groups is 1. The van der Waals surface area contributed by atoms with Crippen LogP contribution < -0.4 is 19.6 Å². The Bertz CT molecular complexity index is 1420. The number of ether oxygens (including phenoxy) is 3. The second-order valence-electron chi connectivity index (χ2n) is 10.7. The lowest BCUT2D eigenvalue weighted by Gasteiger charge is -2.31. The van der Waals surface area contributed by atoms with Crippen molar-refractivity contribution in [3.05, 3.63) is 52.6 Å². The molecule has 0 atom stereocenters. The highest BCUT2D eigenvalue weighted by Gasteiger charge is 2.37. The van der Waals surface area contributed by atoms with Crippen molar-refractivity contribution >= 4 is 18.7 Å². The predicted octanol–water partition coefficient (Wildman–Crippen LogP) is 6.94.